The summed E-state index contributed by atoms with van der Waals surface area (Å²) in [4.78, 5) is 27.0. The van der Waals surface area contributed by atoms with E-state index in [1.165, 1.54) is 0 Å². The highest BCUT2D eigenvalue weighted by atomic mass is 16.4. The van der Waals surface area contributed by atoms with Gasteiger partial charge in [-0.1, -0.05) is 13.8 Å². The SMILES string of the molecule is CCCN(C(=O)NC1CC(N(CC)CC(=O)O)C1)C1CC1. The fourth-order valence-corrected chi connectivity index (χ4v) is 3.01. The van der Waals surface area contributed by atoms with Crippen LogP contribution in [-0.2, 0) is 4.79 Å². The van der Waals surface area contributed by atoms with Crippen LogP contribution < -0.4 is 5.32 Å². The normalized spacial score (nSPS) is 24.5. The first-order valence-electron chi connectivity index (χ1n) is 8.08. The second kappa shape index (κ2) is 7.11. The number of carboxylic acid groups (broad SMARTS) is 1. The van der Waals surface area contributed by atoms with Crippen molar-refractivity contribution in [1.29, 1.82) is 0 Å². The molecule has 0 saturated heterocycles. The topological polar surface area (TPSA) is 72.9 Å². The molecule has 2 fully saturated rings. The van der Waals surface area contributed by atoms with Gasteiger partial charge in [-0.2, -0.15) is 0 Å². The molecule has 0 atom stereocenters. The minimum atomic E-state index is -0.785. The number of carbonyl (C=O) groups is 2. The zero-order valence-corrected chi connectivity index (χ0v) is 13.0. The molecule has 2 amide bonds. The van der Waals surface area contributed by atoms with Gasteiger partial charge in [-0.3, -0.25) is 9.69 Å². The molecule has 0 bridgehead atoms. The maximum Gasteiger partial charge on any atom is 0.317 e. The first-order chi connectivity index (χ1) is 10.0. The molecule has 2 saturated carbocycles. The van der Waals surface area contributed by atoms with Crippen LogP contribution in [0.15, 0.2) is 0 Å². The lowest BCUT2D eigenvalue weighted by Crippen LogP contribution is -2.57. The molecule has 0 radical (unpaired) electrons. The van der Waals surface area contributed by atoms with Gasteiger partial charge < -0.3 is 15.3 Å². The van der Waals surface area contributed by atoms with Crippen LogP contribution in [0, 0.1) is 0 Å². The van der Waals surface area contributed by atoms with E-state index < -0.39 is 5.97 Å². The van der Waals surface area contributed by atoms with Gasteiger partial charge in [0.2, 0.25) is 0 Å². The standard InChI is InChI=1S/C15H27N3O3/c1-3-7-18(12-5-6-12)15(21)16-11-8-13(9-11)17(4-2)10-14(19)20/h11-13H,3-10H2,1-2H3,(H,16,21)(H,19,20). The molecule has 0 aromatic carbocycles. The summed E-state index contributed by atoms with van der Waals surface area (Å²) in [5.74, 6) is -0.785. The number of nitrogens with zero attached hydrogens (tertiary/aromatic N) is 2. The van der Waals surface area contributed by atoms with E-state index in [4.69, 9.17) is 5.11 Å². The quantitative estimate of drug-likeness (QED) is 0.712. The molecule has 2 aliphatic carbocycles. The average Bonchev–Trinajstić information content (AvgIpc) is 3.21. The van der Waals surface area contributed by atoms with Crippen LogP contribution in [0.5, 0.6) is 0 Å². The van der Waals surface area contributed by atoms with Crippen molar-refractivity contribution in [1.82, 2.24) is 15.1 Å². The van der Waals surface area contributed by atoms with Crippen LogP contribution in [0.4, 0.5) is 4.79 Å². The molecule has 21 heavy (non-hydrogen) atoms. The highest BCUT2D eigenvalue weighted by Crippen LogP contribution is 2.29. The van der Waals surface area contributed by atoms with Gasteiger partial charge in [0.1, 0.15) is 0 Å². The summed E-state index contributed by atoms with van der Waals surface area (Å²) in [7, 11) is 0. The Labute approximate surface area is 126 Å². The minimum Gasteiger partial charge on any atom is -0.480 e. The predicted octanol–water partition coefficient (Wildman–Crippen LogP) is 1.51. The Bertz CT molecular complexity index is 378. The molecule has 0 spiro atoms. The van der Waals surface area contributed by atoms with Gasteiger partial charge in [-0.15, -0.1) is 0 Å². The van der Waals surface area contributed by atoms with Crippen LogP contribution in [0.3, 0.4) is 0 Å². The van der Waals surface area contributed by atoms with Crippen molar-refractivity contribution in [2.75, 3.05) is 19.6 Å². The molecule has 0 aromatic rings. The van der Waals surface area contributed by atoms with Crippen LogP contribution >= 0.6 is 0 Å². The Morgan fingerprint density at radius 1 is 1.19 bits per heavy atom. The number of carboxylic acids is 1. The highest BCUT2D eigenvalue weighted by molar-refractivity contribution is 5.75. The summed E-state index contributed by atoms with van der Waals surface area (Å²) in [6.45, 7) is 5.72. The molecule has 6 heteroatoms. The molecule has 0 aliphatic heterocycles. The first kappa shape index (κ1) is 16.1. The number of carbonyl (C=O) groups excluding carboxylic acids is 1. The molecular formula is C15H27N3O3. The number of likely N-dealkylation sites (N-methyl/N-ethyl adjacent to an activating group) is 1. The van der Waals surface area contributed by atoms with Gasteiger partial charge in [0, 0.05) is 24.7 Å². The van der Waals surface area contributed by atoms with Gasteiger partial charge in [-0.05, 0) is 38.6 Å². The fourth-order valence-electron chi connectivity index (χ4n) is 3.01. The smallest absolute Gasteiger partial charge is 0.317 e. The van der Waals surface area contributed by atoms with Gasteiger partial charge >= 0.3 is 12.0 Å². The Balaban J connectivity index is 1.73. The van der Waals surface area contributed by atoms with E-state index in [0.717, 1.165) is 45.2 Å². The van der Waals surface area contributed by atoms with Gasteiger partial charge in [0.25, 0.3) is 0 Å². The Kier molecular flexibility index (Phi) is 5.45. The highest BCUT2D eigenvalue weighted by Gasteiger charge is 2.37. The van der Waals surface area contributed by atoms with Gasteiger partial charge in [0.15, 0.2) is 0 Å². The second-order valence-electron chi connectivity index (χ2n) is 6.15. The number of nitrogens with one attached hydrogen (secondary N) is 1. The monoisotopic (exact) mass is 297 g/mol. The van der Waals surface area contributed by atoms with Crippen molar-refractivity contribution in [3.8, 4) is 0 Å². The van der Waals surface area contributed by atoms with E-state index in [2.05, 4.69) is 12.2 Å². The maximum atomic E-state index is 12.2. The third kappa shape index (κ3) is 4.33. The summed E-state index contributed by atoms with van der Waals surface area (Å²) in [6.07, 6.45) is 4.96. The number of hydrogen-bond acceptors (Lipinski definition) is 3. The van der Waals surface area contributed by atoms with E-state index in [1.54, 1.807) is 0 Å². The molecule has 120 valence electrons. The Hall–Kier alpha value is -1.30. The summed E-state index contributed by atoms with van der Waals surface area (Å²) in [5.41, 5.74) is 0. The van der Waals surface area contributed by atoms with Crippen molar-refractivity contribution >= 4 is 12.0 Å². The molecule has 6 nitrogen and oxygen atoms in total. The minimum absolute atomic E-state index is 0.0593. The van der Waals surface area contributed by atoms with Crippen molar-refractivity contribution in [3.63, 3.8) is 0 Å². The number of amides is 2. The zero-order valence-electron chi connectivity index (χ0n) is 13.0. The third-order valence-corrected chi connectivity index (χ3v) is 4.41. The van der Waals surface area contributed by atoms with E-state index in [1.807, 2.05) is 16.7 Å². The summed E-state index contributed by atoms with van der Waals surface area (Å²) in [5, 5.41) is 12.0. The second-order valence-corrected chi connectivity index (χ2v) is 6.15. The van der Waals surface area contributed by atoms with Crippen LogP contribution in [-0.4, -0.2) is 64.7 Å². The van der Waals surface area contributed by atoms with E-state index in [0.29, 0.717) is 6.04 Å². The number of hydrogen-bond donors (Lipinski definition) is 2. The van der Waals surface area contributed by atoms with E-state index in [9.17, 15) is 9.59 Å². The van der Waals surface area contributed by atoms with Crippen molar-refractivity contribution < 1.29 is 14.7 Å². The fraction of sp³-hybridized carbons (Fsp3) is 0.867. The zero-order chi connectivity index (χ0) is 15.4. The lowest BCUT2D eigenvalue weighted by molar-refractivity contribution is -0.139. The number of rotatable bonds is 8. The summed E-state index contributed by atoms with van der Waals surface area (Å²) < 4.78 is 0. The third-order valence-electron chi connectivity index (χ3n) is 4.41. The van der Waals surface area contributed by atoms with Crippen molar-refractivity contribution in [3.05, 3.63) is 0 Å². The lowest BCUT2D eigenvalue weighted by atomic mass is 9.85. The largest absolute Gasteiger partial charge is 0.480 e. The average molecular weight is 297 g/mol. The van der Waals surface area contributed by atoms with Gasteiger partial charge in [0.05, 0.1) is 6.54 Å². The molecule has 2 N–H and O–H groups in total. The Morgan fingerprint density at radius 3 is 2.33 bits per heavy atom. The van der Waals surface area contributed by atoms with Crippen LogP contribution in [0.2, 0.25) is 0 Å². The van der Waals surface area contributed by atoms with Crippen LogP contribution in [0.25, 0.3) is 0 Å². The molecule has 2 rings (SSSR count). The first-order valence-corrected chi connectivity index (χ1v) is 8.08. The summed E-state index contributed by atoms with van der Waals surface area (Å²) >= 11 is 0. The number of urea groups is 1. The predicted molar refractivity (Wildman–Crippen MR) is 80.2 cm³/mol. The van der Waals surface area contributed by atoms with Gasteiger partial charge in [-0.25, -0.2) is 4.79 Å². The van der Waals surface area contributed by atoms with E-state index >= 15 is 0 Å². The molecular weight excluding hydrogens is 270 g/mol. The lowest BCUT2D eigenvalue weighted by Gasteiger charge is -2.42. The van der Waals surface area contributed by atoms with Crippen molar-refractivity contribution in [2.24, 2.45) is 0 Å². The molecule has 0 unspecified atom stereocenters. The van der Waals surface area contributed by atoms with E-state index in [-0.39, 0.29) is 24.7 Å². The molecule has 0 aromatic heterocycles. The Morgan fingerprint density at radius 2 is 1.86 bits per heavy atom. The molecule has 2 aliphatic rings. The maximum absolute atomic E-state index is 12.2. The number of aliphatic carboxylic acids is 1. The van der Waals surface area contributed by atoms with Crippen molar-refractivity contribution in [2.45, 2.75) is 64.1 Å². The summed E-state index contributed by atoms with van der Waals surface area (Å²) in [6, 6.07) is 0.990. The molecule has 0 heterocycles. The van der Waals surface area contributed by atoms with Crippen LogP contribution in [0.1, 0.15) is 46.0 Å².